The molecule has 5 rings (SSSR count). The molecule has 6 nitrogen and oxygen atoms in total. The summed E-state index contributed by atoms with van der Waals surface area (Å²) in [7, 11) is 0. The Hall–Kier alpha value is -3.80. The average molecular weight is 399 g/mol. The molecule has 150 valence electrons. The van der Waals surface area contributed by atoms with Gasteiger partial charge in [0.1, 0.15) is 30.5 Å². The van der Waals surface area contributed by atoms with E-state index in [2.05, 4.69) is 17.6 Å². The SMILES string of the molecule is C=C(C)COc1ccc2c(c1)[C@]1(COC(N)=N1)c1cc(-c3cccnc3)ccc1O2. The van der Waals surface area contributed by atoms with Gasteiger partial charge >= 0.3 is 0 Å². The number of aliphatic imine (C=N–C) groups is 1. The molecule has 6 heteroatoms. The first kappa shape index (κ1) is 18.2. The molecule has 3 heterocycles. The normalized spacial score (nSPS) is 18.6. The van der Waals surface area contributed by atoms with Crippen molar-refractivity contribution in [3.05, 3.63) is 84.2 Å². The first-order valence-electron chi connectivity index (χ1n) is 9.68. The lowest BCUT2D eigenvalue weighted by Gasteiger charge is -2.34. The summed E-state index contributed by atoms with van der Waals surface area (Å²) < 4.78 is 17.7. The number of aromatic nitrogens is 1. The van der Waals surface area contributed by atoms with Crippen molar-refractivity contribution < 1.29 is 14.2 Å². The second kappa shape index (κ2) is 6.91. The Labute approximate surface area is 174 Å². The van der Waals surface area contributed by atoms with Crippen LogP contribution in [0.1, 0.15) is 18.1 Å². The minimum absolute atomic E-state index is 0.161. The van der Waals surface area contributed by atoms with E-state index < -0.39 is 5.54 Å². The summed E-state index contributed by atoms with van der Waals surface area (Å²) in [6, 6.07) is 15.9. The molecule has 3 aromatic rings. The molecule has 0 saturated carbocycles. The van der Waals surface area contributed by atoms with Crippen LogP contribution in [0.4, 0.5) is 0 Å². The maximum Gasteiger partial charge on any atom is 0.283 e. The van der Waals surface area contributed by atoms with E-state index in [1.807, 2.05) is 55.6 Å². The van der Waals surface area contributed by atoms with Gasteiger partial charge in [0.25, 0.3) is 6.02 Å². The molecule has 2 aliphatic rings. The smallest absolute Gasteiger partial charge is 0.283 e. The highest BCUT2D eigenvalue weighted by Crippen LogP contribution is 2.52. The number of benzene rings is 2. The first-order chi connectivity index (χ1) is 14.5. The minimum Gasteiger partial charge on any atom is -0.489 e. The van der Waals surface area contributed by atoms with Crippen molar-refractivity contribution in [2.45, 2.75) is 12.5 Å². The number of fused-ring (bicyclic) bond motifs is 4. The summed E-state index contributed by atoms with van der Waals surface area (Å²) in [5.74, 6) is 2.15. The molecule has 30 heavy (non-hydrogen) atoms. The molecule has 1 spiro atoms. The molecule has 2 aromatic carbocycles. The summed E-state index contributed by atoms with van der Waals surface area (Å²) in [6.45, 7) is 6.55. The van der Waals surface area contributed by atoms with Crippen LogP contribution in [0.5, 0.6) is 17.2 Å². The third-order valence-corrected chi connectivity index (χ3v) is 5.25. The molecule has 1 atom stereocenters. The van der Waals surface area contributed by atoms with E-state index in [9.17, 15) is 0 Å². The van der Waals surface area contributed by atoms with Gasteiger partial charge in [0.05, 0.1) is 0 Å². The van der Waals surface area contributed by atoms with E-state index in [1.54, 1.807) is 6.20 Å². The molecule has 2 aliphatic heterocycles. The van der Waals surface area contributed by atoms with E-state index >= 15 is 0 Å². The van der Waals surface area contributed by atoms with Crippen molar-refractivity contribution in [3.8, 4) is 28.4 Å². The zero-order valence-electron chi connectivity index (χ0n) is 16.6. The maximum absolute atomic E-state index is 6.22. The Balaban J connectivity index is 1.66. The Kier molecular flexibility index (Phi) is 4.20. The summed E-state index contributed by atoms with van der Waals surface area (Å²) >= 11 is 0. The Bertz CT molecular complexity index is 1170. The number of rotatable bonds is 4. The highest BCUT2D eigenvalue weighted by molar-refractivity contribution is 5.78. The van der Waals surface area contributed by atoms with Crippen molar-refractivity contribution in [2.24, 2.45) is 10.7 Å². The third-order valence-electron chi connectivity index (χ3n) is 5.25. The number of ether oxygens (including phenoxy) is 3. The van der Waals surface area contributed by atoms with Crippen molar-refractivity contribution in [1.82, 2.24) is 4.98 Å². The molecule has 0 fully saturated rings. The van der Waals surface area contributed by atoms with Crippen LogP contribution in [0.3, 0.4) is 0 Å². The van der Waals surface area contributed by atoms with Crippen LogP contribution in [0.15, 0.2) is 78.1 Å². The standard InChI is InChI=1S/C24H21N3O3/c1-15(2)13-28-18-6-8-22-20(11-18)24(14-29-23(25)27-24)19-10-16(5-7-21(19)30-22)17-4-3-9-26-12-17/h3-12H,1,13-14H2,2H3,(H2,25,27)/t24-/m0/s1. The second-order valence-corrected chi connectivity index (χ2v) is 7.56. The number of hydrogen-bond donors (Lipinski definition) is 1. The topological polar surface area (TPSA) is 79.0 Å². The van der Waals surface area contributed by atoms with Gasteiger partial charge in [-0.25, -0.2) is 4.99 Å². The summed E-state index contributed by atoms with van der Waals surface area (Å²) in [5.41, 5.74) is 9.90. The number of nitrogens with zero attached hydrogens (tertiary/aromatic N) is 2. The van der Waals surface area contributed by atoms with Gasteiger partial charge in [-0.05, 0) is 54.5 Å². The van der Waals surface area contributed by atoms with Crippen LogP contribution in [0, 0.1) is 0 Å². The molecule has 0 radical (unpaired) electrons. The highest BCUT2D eigenvalue weighted by Gasteiger charge is 2.47. The minimum atomic E-state index is -0.798. The number of pyridine rings is 1. The van der Waals surface area contributed by atoms with Gasteiger partial charge in [-0.3, -0.25) is 4.98 Å². The summed E-state index contributed by atoms with van der Waals surface area (Å²) in [4.78, 5) is 8.97. The van der Waals surface area contributed by atoms with Crippen molar-refractivity contribution in [1.29, 1.82) is 0 Å². The molecule has 0 unspecified atom stereocenters. The van der Waals surface area contributed by atoms with Crippen molar-refractivity contribution in [2.75, 3.05) is 13.2 Å². The third kappa shape index (κ3) is 2.97. The number of hydrogen-bond acceptors (Lipinski definition) is 6. The van der Waals surface area contributed by atoms with Crippen molar-refractivity contribution in [3.63, 3.8) is 0 Å². The van der Waals surface area contributed by atoms with Gasteiger partial charge in [-0.1, -0.05) is 18.7 Å². The summed E-state index contributed by atoms with van der Waals surface area (Å²) in [6.07, 6.45) is 3.59. The van der Waals surface area contributed by atoms with E-state index in [0.29, 0.717) is 24.7 Å². The van der Waals surface area contributed by atoms with E-state index in [-0.39, 0.29) is 6.02 Å². The zero-order valence-corrected chi connectivity index (χ0v) is 16.6. The second-order valence-electron chi connectivity index (χ2n) is 7.56. The van der Waals surface area contributed by atoms with Gasteiger partial charge in [0.15, 0.2) is 5.54 Å². The lowest BCUT2D eigenvalue weighted by Crippen LogP contribution is -2.31. The van der Waals surface area contributed by atoms with Crippen LogP contribution in [-0.4, -0.2) is 24.2 Å². The lowest BCUT2D eigenvalue weighted by atomic mass is 9.80. The van der Waals surface area contributed by atoms with Gasteiger partial charge in [-0.2, -0.15) is 0 Å². The zero-order chi connectivity index (χ0) is 20.7. The molecule has 0 saturated heterocycles. The summed E-state index contributed by atoms with van der Waals surface area (Å²) in [5, 5.41) is 0. The first-order valence-corrected chi connectivity index (χ1v) is 9.68. The monoisotopic (exact) mass is 399 g/mol. The van der Waals surface area contributed by atoms with E-state index in [4.69, 9.17) is 24.9 Å². The Morgan fingerprint density at radius 2 is 1.93 bits per heavy atom. The molecule has 0 amide bonds. The maximum atomic E-state index is 6.22. The van der Waals surface area contributed by atoms with E-state index in [1.165, 1.54) is 0 Å². The van der Waals surface area contributed by atoms with Gasteiger partial charge < -0.3 is 19.9 Å². The molecule has 1 aromatic heterocycles. The van der Waals surface area contributed by atoms with Crippen LogP contribution in [0.25, 0.3) is 11.1 Å². The van der Waals surface area contributed by atoms with E-state index in [0.717, 1.165) is 33.6 Å². The fourth-order valence-corrected chi connectivity index (χ4v) is 3.84. The van der Waals surface area contributed by atoms with Crippen LogP contribution >= 0.6 is 0 Å². The van der Waals surface area contributed by atoms with Crippen molar-refractivity contribution >= 4 is 6.02 Å². The average Bonchev–Trinajstić information content (AvgIpc) is 3.15. The highest BCUT2D eigenvalue weighted by atomic mass is 16.5. The van der Waals surface area contributed by atoms with Gasteiger partial charge in [-0.15, -0.1) is 0 Å². The van der Waals surface area contributed by atoms with Crippen LogP contribution < -0.4 is 15.2 Å². The molecule has 0 bridgehead atoms. The lowest BCUT2D eigenvalue weighted by molar-refractivity contribution is 0.263. The largest absolute Gasteiger partial charge is 0.489 e. The fourth-order valence-electron chi connectivity index (χ4n) is 3.84. The van der Waals surface area contributed by atoms with Gasteiger partial charge in [0.2, 0.25) is 0 Å². The van der Waals surface area contributed by atoms with Gasteiger partial charge in [0, 0.05) is 29.1 Å². The molecular weight excluding hydrogens is 378 g/mol. The van der Waals surface area contributed by atoms with Crippen LogP contribution in [-0.2, 0) is 10.3 Å². The van der Waals surface area contributed by atoms with Crippen LogP contribution in [0.2, 0.25) is 0 Å². The fraction of sp³-hybridized carbons (Fsp3) is 0.167. The predicted molar refractivity (Wildman–Crippen MR) is 115 cm³/mol. The predicted octanol–water partition coefficient (Wildman–Crippen LogP) is 4.40. The Morgan fingerprint density at radius 1 is 1.13 bits per heavy atom. The molecular formula is C24H21N3O3. The Morgan fingerprint density at radius 3 is 2.63 bits per heavy atom. The number of amidine groups is 1. The molecule has 2 N–H and O–H groups in total. The number of nitrogens with two attached hydrogens (primary N) is 1. The quantitative estimate of drug-likeness (QED) is 0.658. The molecule has 0 aliphatic carbocycles.